The molecule has 6 nitrogen and oxygen atoms in total. The summed E-state index contributed by atoms with van der Waals surface area (Å²) in [5.41, 5.74) is 0. The van der Waals surface area contributed by atoms with E-state index in [0.717, 1.165) is 0 Å². The van der Waals surface area contributed by atoms with Gasteiger partial charge in [0, 0.05) is 38.3 Å². The lowest BCUT2D eigenvalue weighted by Crippen LogP contribution is -2.51. The number of benzene rings is 1. The van der Waals surface area contributed by atoms with E-state index in [1.165, 1.54) is 23.5 Å². The van der Waals surface area contributed by atoms with E-state index < -0.39 is 10.0 Å². The first-order chi connectivity index (χ1) is 9.95. The number of halogens is 1. The van der Waals surface area contributed by atoms with Crippen LogP contribution in [-0.4, -0.2) is 63.4 Å². The molecule has 1 amide bonds. The number of rotatable bonds is 4. The molecule has 1 aromatic carbocycles. The average Bonchev–Trinajstić information content (AvgIpc) is 2.48. The Balaban J connectivity index is 2.04. The smallest absolute Gasteiger partial charge is 0.248 e. The molecule has 0 bridgehead atoms. The Hall–Kier alpha value is -1.15. The van der Waals surface area contributed by atoms with Crippen LogP contribution in [-0.2, 0) is 19.6 Å². The fourth-order valence-electron chi connectivity index (χ4n) is 2.15. The van der Waals surface area contributed by atoms with E-state index >= 15 is 0 Å². The van der Waals surface area contributed by atoms with E-state index in [9.17, 15) is 13.2 Å². The molecule has 0 radical (unpaired) electrons. The van der Waals surface area contributed by atoms with Gasteiger partial charge in [0.15, 0.2) is 0 Å². The maximum Gasteiger partial charge on any atom is 0.248 e. The number of sulfonamides is 1. The number of hydrogen-bond donors (Lipinski definition) is 0. The van der Waals surface area contributed by atoms with E-state index in [1.54, 1.807) is 17.0 Å². The van der Waals surface area contributed by atoms with E-state index in [-0.39, 0.29) is 30.5 Å². The van der Waals surface area contributed by atoms with Gasteiger partial charge in [0.2, 0.25) is 15.9 Å². The summed E-state index contributed by atoms with van der Waals surface area (Å²) in [5.74, 6) is -0.124. The highest BCUT2D eigenvalue weighted by atomic mass is 35.5. The molecule has 0 N–H and O–H groups in total. The maximum atomic E-state index is 12.5. The normalized spacial score (nSPS) is 17.0. The van der Waals surface area contributed by atoms with Crippen molar-refractivity contribution in [3.05, 3.63) is 29.3 Å². The lowest BCUT2D eigenvalue weighted by molar-refractivity contribution is -0.136. The summed E-state index contributed by atoms with van der Waals surface area (Å²) >= 11 is 5.77. The fourth-order valence-corrected chi connectivity index (χ4v) is 3.70. The van der Waals surface area contributed by atoms with Gasteiger partial charge in [-0.1, -0.05) is 11.6 Å². The fraction of sp³-hybridized carbons (Fsp3) is 0.462. The van der Waals surface area contributed by atoms with Gasteiger partial charge in [-0.25, -0.2) is 8.42 Å². The van der Waals surface area contributed by atoms with Gasteiger partial charge in [0.05, 0.1) is 4.90 Å². The van der Waals surface area contributed by atoms with Crippen LogP contribution in [0.5, 0.6) is 0 Å². The predicted octanol–water partition coefficient (Wildman–Crippen LogP) is 0.819. The van der Waals surface area contributed by atoms with Crippen LogP contribution in [0.4, 0.5) is 0 Å². The quantitative estimate of drug-likeness (QED) is 0.818. The molecule has 116 valence electrons. The van der Waals surface area contributed by atoms with Gasteiger partial charge in [0.25, 0.3) is 0 Å². The van der Waals surface area contributed by atoms with Crippen LogP contribution in [0.2, 0.25) is 5.02 Å². The third-order valence-corrected chi connectivity index (χ3v) is 5.48. The molecule has 1 fully saturated rings. The zero-order valence-electron chi connectivity index (χ0n) is 11.7. The standard InChI is InChI=1S/C13H17ClN2O4S/c1-20-10-13(17)15-6-8-16(9-7-15)21(18,19)12-4-2-11(14)3-5-12/h2-5H,6-10H2,1H3. The molecule has 1 saturated heterocycles. The summed E-state index contributed by atoms with van der Waals surface area (Å²) in [6, 6.07) is 6.07. The van der Waals surface area contributed by atoms with Gasteiger partial charge >= 0.3 is 0 Å². The summed E-state index contributed by atoms with van der Waals surface area (Å²) in [6.45, 7) is 1.31. The van der Waals surface area contributed by atoms with Gasteiger partial charge < -0.3 is 9.64 Å². The summed E-state index contributed by atoms with van der Waals surface area (Å²) in [4.78, 5) is 13.5. The molecule has 1 aliphatic rings. The molecule has 0 unspecified atom stereocenters. The van der Waals surface area contributed by atoms with Crippen LogP contribution in [0.15, 0.2) is 29.2 Å². The zero-order valence-corrected chi connectivity index (χ0v) is 13.2. The van der Waals surface area contributed by atoms with Crippen LogP contribution < -0.4 is 0 Å². The van der Waals surface area contributed by atoms with E-state index in [2.05, 4.69) is 0 Å². The van der Waals surface area contributed by atoms with Crippen molar-refractivity contribution in [1.29, 1.82) is 0 Å². The number of methoxy groups -OCH3 is 1. The number of carbonyl (C=O) groups is 1. The lowest BCUT2D eigenvalue weighted by Gasteiger charge is -2.33. The minimum atomic E-state index is -3.53. The molecule has 1 heterocycles. The summed E-state index contributed by atoms with van der Waals surface area (Å²) < 4.78 is 31.1. The average molecular weight is 333 g/mol. The first-order valence-corrected chi connectivity index (χ1v) is 8.29. The predicted molar refractivity (Wildman–Crippen MR) is 78.7 cm³/mol. The van der Waals surface area contributed by atoms with Crippen LogP contribution in [0.3, 0.4) is 0 Å². The molecule has 0 spiro atoms. The lowest BCUT2D eigenvalue weighted by atomic mass is 10.3. The van der Waals surface area contributed by atoms with Crippen molar-refractivity contribution in [2.45, 2.75) is 4.90 Å². The number of amides is 1. The van der Waals surface area contributed by atoms with Gasteiger partial charge in [-0.05, 0) is 24.3 Å². The van der Waals surface area contributed by atoms with Crippen molar-refractivity contribution in [3.8, 4) is 0 Å². The minimum Gasteiger partial charge on any atom is -0.375 e. The summed E-state index contributed by atoms with van der Waals surface area (Å²) in [6.07, 6.45) is 0. The number of carbonyl (C=O) groups excluding carboxylic acids is 1. The van der Waals surface area contributed by atoms with Crippen molar-refractivity contribution in [3.63, 3.8) is 0 Å². The molecule has 2 rings (SSSR count). The Morgan fingerprint density at radius 3 is 2.29 bits per heavy atom. The molecule has 8 heteroatoms. The first kappa shape index (κ1) is 16.2. The van der Waals surface area contributed by atoms with Crippen molar-refractivity contribution < 1.29 is 17.9 Å². The Bertz CT molecular complexity index is 595. The van der Waals surface area contributed by atoms with Crippen LogP contribution >= 0.6 is 11.6 Å². The van der Waals surface area contributed by atoms with Crippen molar-refractivity contribution >= 4 is 27.5 Å². The topological polar surface area (TPSA) is 66.9 Å². The monoisotopic (exact) mass is 332 g/mol. The number of nitrogens with zero attached hydrogens (tertiary/aromatic N) is 2. The van der Waals surface area contributed by atoms with Crippen LogP contribution in [0.25, 0.3) is 0 Å². The summed E-state index contributed by atoms with van der Waals surface area (Å²) in [7, 11) is -2.08. The second-order valence-electron chi connectivity index (χ2n) is 4.67. The largest absolute Gasteiger partial charge is 0.375 e. The first-order valence-electron chi connectivity index (χ1n) is 6.47. The van der Waals surface area contributed by atoms with Crippen LogP contribution in [0.1, 0.15) is 0 Å². The molecule has 1 aromatic rings. The Kier molecular flexibility index (Phi) is 5.21. The van der Waals surface area contributed by atoms with Gasteiger partial charge in [0.1, 0.15) is 6.61 Å². The molecule has 0 saturated carbocycles. The van der Waals surface area contributed by atoms with Gasteiger partial charge in [-0.15, -0.1) is 0 Å². The Morgan fingerprint density at radius 1 is 1.19 bits per heavy atom. The zero-order chi connectivity index (χ0) is 15.5. The highest BCUT2D eigenvalue weighted by Gasteiger charge is 2.29. The van der Waals surface area contributed by atoms with Gasteiger partial charge in [-0.2, -0.15) is 4.31 Å². The Labute approximate surface area is 129 Å². The molecule has 0 aliphatic carbocycles. The van der Waals surface area contributed by atoms with Crippen molar-refractivity contribution in [2.75, 3.05) is 39.9 Å². The van der Waals surface area contributed by atoms with E-state index in [1.807, 2.05) is 0 Å². The highest BCUT2D eigenvalue weighted by molar-refractivity contribution is 7.89. The van der Waals surface area contributed by atoms with E-state index in [4.69, 9.17) is 16.3 Å². The molecule has 1 aliphatic heterocycles. The SMILES string of the molecule is COCC(=O)N1CCN(S(=O)(=O)c2ccc(Cl)cc2)CC1. The second kappa shape index (κ2) is 6.74. The van der Waals surface area contributed by atoms with Gasteiger partial charge in [-0.3, -0.25) is 4.79 Å². The van der Waals surface area contributed by atoms with E-state index in [0.29, 0.717) is 18.1 Å². The molecule has 0 atom stereocenters. The summed E-state index contributed by atoms with van der Waals surface area (Å²) in [5, 5.41) is 0.490. The second-order valence-corrected chi connectivity index (χ2v) is 7.05. The van der Waals surface area contributed by atoms with Crippen molar-refractivity contribution in [1.82, 2.24) is 9.21 Å². The number of hydrogen-bond acceptors (Lipinski definition) is 4. The molecule has 0 aromatic heterocycles. The van der Waals surface area contributed by atoms with Crippen LogP contribution in [0, 0.1) is 0 Å². The molecule has 21 heavy (non-hydrogen) atoms. The third-order valence-electron chi connectivity index (χ3n) is 3.31. The minimum absolute atomic E-state index is 0.0178. The third kappa shape index (κ3) is 3.74. The number of ether oxygens (including phenoxy) is 1. The van der Waals surface area contributed by atoms with Crippen molar-refractivity contribution in [2.24, 2.45) is 0 Å². The highest BCUT2D eigenvalue weighted by Crippen LogP contribution is 2.19. The molecular formula is C13H17ClN2O4S. The number of piperazine rings is 1. The maximum absolute atomic E-state index is 12.5. The molecular weight excluding hydrogens is 316 g/mol. The Morgan fingerprint density at radius 2 is 1.76 bits per heavy atom.